The predicted octanol–water partition coefficient (Wildman–Crippen LogP) is 4.11. The first kappa shape index (κ1) is 26.4. The Morgan fingerprint density at radius 3 is 2.72 bits per heavy atom. The number of carboxylic acid groups (broad SMARTS) is 1. The molecule has 0 atom stereocenters. The van der Waals surface area contributed by atoms with Crippen molar-refractivity contribution >= 4 is 40.3 Å². The highest BCUT2D eigenvalue weighted by molar-refractivity contribution is 5.90. The third-order valence-electron chi connectivity index (χ3n) is 6.93. The van der Waals surface area contributed by atoms with Gasteiger partial charge in [0.25, 0.3) is 0 Å². The lowest BCUT2D eigenvalue weighted by molar-refractivity contribution is 0.0997. The van der Waals surface area contributed by atoms with Gasteiger partial charge < -0.3 is 25.8 Å². The molecule has 1 aliphatic rings. The van der Waals surface area contributed by atoms with Crippen molar-refractivity contribution in [3.8, 4) is 0 Å². The average molecular weight is 531 g/mol. The van der Waals surface area contributed by atoms with Gasteiger partial charge >= 0.3 is 6.09 Å². The van der Waals surface area contributed by atoms with Gasteiger partial charge in [0, 0.05) is 50.8 Å². The Balaban J connectivity index is 1.24. The van der Waals surface area contributed by atoms with Crippen LogP contribution in [-0.2, 0) is 24.8 Å². The molecule has 2 aromatic heterocycles. The van der Waals surface area contributed by atoms with Gasteiger partial charge in [-0.05, 0) is 54.7 Å². The van der Waals surface area contributed by atoms with Gasteiger partial charge in [0.05, 0.1) is 18.6 Å². The molecule has 0 radical (unpaired) electrons. The lowest BCUT2D eigenvalue weighted by Gasteiger charge is -2.29. The Kier molecular flexibility index (Phi) is 7.89. The number of nitrogens with one attached hydrogen (secondary N) is 3. The zero-order chi connectivity index (χ0) is 27.4. The largest absolute Gasteiger partial charge is 0.465 e. The molecule has 0 aliphatic carbocycles. The molecule has 0 fully saturated rings. The topological polar surface area (TPSA) is 129 Å². The molecule has 1 aliphatic heterocycles. The fraction of sp³-hybridized carbons (Fsp3) is 0.357. The smallest absolute Gasteiger partial charge is 0.404 e. The maximum Gasteiger partial charge on any atom is 0.404 e. The van der Waals surface area contributed by atoms with E-state index in [1.165, 1.54) is 11.1 Å². The van der Waals surface area contributed by atoms with Crippen LogP contribution in [0.2, 0.25) is 0 Å². The number of hydrogen-bond acceptors (Lipinski definition) is 8. The molecular formula is C28H34N8O3. The van der Waals surface area contributed by atoms with Crippen LogP contribution in [0.1, 0.15) is 22.3 Å². The minimum absolute atomic E-state index is 0.296. The molecule has 2 aromatic carbocycles. The van der Waals surface area contributed by atoms with Crippen LogP contribution in [0.3, 0.4) is 0 Å². The average Bonchev–Trinajstić information content (AvgIpc) is 3.22. The standard InChI is InChI=1S/C28H34N8O3/c1-18-5-4-6-19(2)24(18)32-25-23-16-30-27(33-26(23)35(3)34-25)31-22-8-7-20-9-11-36(17-21(20)15-22)12-14-39-13-10-29-28(37)38/h4-8,15-16,29H,9-14,17H2,1-3H3,(H,32,34)(H,37,38)(H,30,31,33). The Hall–Kier alpha value is -4.22. The molecule has 204 valence electrons. The molecule has 0 saturated carbocycles. The lowest BCUT2D eigenvalue weighted by atomic mass is 9.99. The number of anilines is 4. The number of carbonyl (C=O) groups is 1. The summed E-state index contributed by atoms with van der Waals surface area (Å²) >= 11 is 0. The SMILES string of the molecule is Cc1cccc(C)c1Nc1nn(C)c2nc(Nc3ccc4c(c3)CN(CCOCCNC(=O)O)CC4)ncc12. The number of amides is 1. The van der Waals surface area contributed by atoms with E-state index in [9.17, 15) is 4.79 Å². The van der Waals surface area contributed by atoms with E-state index in [-0.39, 0.29) is 0 Å². The van der Waals surface area contributed by atoms with Crippen LogP contribution >= 0.6 is 0 Å². The molecule has 11 heteroatoms. The fourth-order valence-electron chi connectivity index (χ4n) is 4.86. The molecule has 1 amide bonds. The number of fused-ring (bicyclic) bond motifs is 2. The maximum atomic E-state index is 10.5. The first-order chi connectivity index (χ1) is 18.9. The van der Waals surface area contributed by atoms with Crippen LogP contribution in [0.15, 0.2) is 42.6 Å². The van der Waals surface area contributed by atoms with Crippen LogP contribution < -0.4 is 16.0 Å². The van der Waals surface area contributed by atoms with Gasteiger partial charge in [-0.3, -0.25) is 4.90 Å². The van der Waals surface area contributed by atoms with Crippen molar-refractivity contribution in [2.75, 3.05) is 43.5 Å². The van der Waals surface area contributed by atoms with Gasteiger partial charge in [-0.2, -0.15) is 10.1 Å². The summed E-state index contributed by atoms with van der Waals surface area (Å²) in [7, 11) is 1.88. The summed E-state index contributed by atoms with van der Waals surface area (Å²) in [6.07, 6.45) is 1.75. The number of nitrogens with zero attached hydrogens (tertiary/aromatic N) is 5. The van der Waals surface area contributed by atoms with E-state index >= 15 is 0 Å². The number of rotatable bonds is 10. The summed E-state index contributed by atoms with van der Waals surface area (Å²) in [5.74, 6) is 1.24. The zero-order valence-corrected chi connectivity index (χ0v) is 22.5. The Morgan fingerprint density at radius 1 is 1.10 bits per heavy atom. The Morgan fingerprint density at radius 2 is 1.92 bits per heavy atom. The molecule has 0 unspecified atom stereocenters. The second-order valence-electron chi connectivity index (χ2n) is 9.77. The van der Waals surface area contributed by atoms with E-state index in [0.29, 0.717) is 25.7 Å². The van der Waals surface area contributed by atoms with Gasteiger partial charge in [-0.1, -0.05) is 24.3 Å². The molecule has 3 heterocycles. The number of hydrogen-bond donors (Lipinski definition) is 4. The second kappa shape index (κ2) is 11.7. The summed E-state index contributed by atoms with van der Waals surface area (Å²) in [6.45, 7) is 7.97. The highest BCUT2D eigenvalue weighted by Gasteiger charge is 2.18. The lowest BCUT2D eigenvalue weighted by Crippen LogP contribution is -2.34. The second-order valence-corrected chi connectivity index (χ2v) is 9.77. The number of para-hydroxylation sites is 1. The minimum Gasteiger partial charge on any atom is -0.465 e. The van der Waals surface area contributed by atoms with Gasteiger partial charge in [-0.25, -0.2) is 14.5 Å². The van der Waals surface area contributed by atoms with Crippen LogP contribution in [-0.4, -0.2) is 68.7 Å². The maximum absolute atomic E-state index is 10.5. The van der Waals surface area contributed by atoms with Gasteiger partial charge in [0.1, 0.15) is 0 Å². The van der Waals surface area contributed by atoms with Crippen molar-refractivity contribution in [1.82, 2.24) is 30.0 Å². The van der Waals surface area contributed by atoms with Crippen molar-refractivity contribution in [3.63, 3.8) is 0 Å². The van der Waals surface area contributed by atoms with E-state index in [0.717, 1.165) is 65.4 Å². The third-order valence-corrected chi connectivity index (χ3v) is 6.93. The summed E-state index contributed by atoms with van der Waals surface area (Å²) in [5, 5.41) is 23.3. The van der Waals surface area contributed by atoms with Crippen molar-refractivity contribution in [2.45, 2.75) is 26.8 Å². The summed E-state index contributed by atoms with van der Waals surface area (Å²) < 4.78 is 7.33. The van der Waals surface area contributed by atoms with E-state index in [2.05, 4.69) is 75.1 Å². The minimum atomic E-state index is -1.03. The third kappa shape index (κ3) is 6.27. The van der Waals surface area contributed by atoms with Crippen molar-refractivity contribution < 1.29 is 14.6 Å². The molecule has 11 nitrogen and oxygen atoms in total. The van der Waals surface area contributed by atoms with Crippen molar-refractivity contribution in [2.24, 2.45) is 7.05 Å². The first-order valence-electron chi connectivity index (χ1n) is 13.1. The molecule has 4 aromatic rings. The number of aromatic nitrogens is 4. The van der Waals surface area contributed by atoms with Crippen LogP contribution in [0.4, 0.5) is 27.9 Å². The van der Waals surface area contributed by atoms with Crippen LogP contribution in [0.25, 0.3) is 11.0 Å². The van der Waals surface area contributed by atoms with E-state index in [4.69, 9.17) is 14.8 Å². The van der Waals surface area contributed by atoms with E-state index in [1.807, 2.05) is 13.1 Å². The Labute approximate surface area is 227 Å². The summed E-state index contributed by atoms with van der Waals surface area (Å²) in [5.41, 5.74) is 7.63. The fourth-order valence-corrected chi connectivity index (χ4v) is 4.86. The van der Waals surface area contributed by atoms with Crippen LogP contribution in [0.5, 0.6) is 0 Å². The van der Waals surface area contributed by atoms with Gasteiger partial charge in [-0.15, -0.1) is 0 Å². The van der Waals surface area contributed by atoms with E-state index in [1.54, 1.807) is 10.9 Å². The monoisotopic (exact) mass is 530 g/mol. The summed E-state index contributed by atoms with van der Waals surface area (Å²) in [6, 6.07) is 12.6. The number of benzene rings is 2. The molecular weight excluding hydrogens is 496 g/mol. The highest BCUT2D eigenvalue weighted by atomic mass is 16.5. The molecule has 0 saturated heterocycles. The van der Waals surface area contributed by atoms with Crippen molar-refractivity contribution in [3.05, 3.63) is 64.8 Å². The zero-order valence-electron chi connectivity index (χ0n) is 22.5. The van der Waals surface area contributed by atoms with Gasteiger partial charge in [0.15, 0.2) is 11.5 Å². The van der Waals surface area contributed by atoms with Gasteiger partial charge in [0.2, 0.25) is 5.95 Å². The molecule has 4 N–H and O–H groups in total. The first-order valence-corrected chi connectivity index (χ1v) is 13.1. The molecule has 39 heavy (non-hydrogen) atoms. The van der Waals surface area contributed by atoms with Crippen molar-refractivity contribution in [1.29, 1.82) is 0 Å². The normalized spacial score (nSPS) is 13.3. The number of ether oxygens (including phenoxy) is 1. The predicted molar refractivity (Wildman–Crippen MR) is 151 cm³/mol. The highest BCUT2D eigenvalue weighted by Crippen LogP contribution is 2.29. The van der Waals surface area contributed by atoms with E-state index < -0.39 is 6.09 Å². The molecule has 5 rings (SSSR count). The molecule has 0 spiro atoms. The number of aryl methyl sites for hydroxylation is 3. The Bertz CT molecular complexity index is 1470. The summed E-state index contributed by atoms with van der Waals surface area (Å²) in [4.78, 5) is 22.2. The molecule has 0 bridgehead atoms. The quantitative estimate of drug-likeness (QED) is 0.224. The van der Waals surface area contributed by atoms with Crippen LogP contribution in [0, 0.1) is 13.8 Å².